The zero-order chi connectivity index (χ0) is 12.0. The monoisotopic (exact) mass is 251 g/mol. The fourth-order valence-electron chi connectivity index (χ4n) is 2.36. The Morgan fingerprint density at radius 2 is 1.59 bits per heavy atom. The van der Waals surface area contributed by atoms with E-state index in [0.29, 0.717) is 11.2 Å². The first kappa shape index (κ1) is 11.3. The lowest BCUT2D eigenvalue weighted by Gasteiger charge is -2.19. The Morgan fingerprint density at radius 1 is 1.06 bits per heavy atom. The van der Waals surface area contributed by atoms with Crippen LogP contribution >= 0.6 is 11.6 Å². The highest BCUT2D eigenvalue weighted by Crippen LogP contribution is 2.46. The highest BCUT2D eigenvalue weighted by molar-refractivity contribution is 6.31. The number of hydrogen-bond donors (Lipinski definition) is 1. The van der Waals surface area contributed by atoms with Crippen molar-refractivity contribution in [3.63, 3.8) is 0 Å². The van der Waals surface area contributed by atoms with Crippen LogP contribution in [0.2, 0.25) is 5.15 Å². The number of aryl methyl sites for hydroxylation is 2. The molecule has 2 aliphatic rings. The fourth-order valence-corrected chi connectivity index (χ4v) is 2.58. The van der Waals surface area contributed by atoms with Crippen LogP contribution in [0.25, 0.3) is 0 Å². The number of aromatic nitrogens is 2. The SMILES string of the molecule is Cc1nc(Cl)c(NC(C2CC2)C2CC2)nc1C. The molecule has 0 spiro atoms. The van der Waals surface area contributed by atoms with Gasteiger partial charge in [0.15, 0.2) is 11.0 Å². The second kappa shape index (κ2) is 4.13. The van der Waals surface area contributed by atoms with Gasteiger partial charge in [0.05, 0.1) is 11.4 Å². The maximum Gasteiger partial charge on any atom is 0.171 e. The van der Waals surface area contributed by atoms with Gasteiger partial charge in [-0.3, -0.25) is 0 Å². The number of nitrogens with one attached hydrogen (secondary N) is 1. The minimum absolute atomic E-state index is 0.513. The molecule has 0 bridgehead atoms. The van der Waals surface area contributed by atoms with Crippen LogP contribution < -0.4 is 5.32 Å². The van der Waals surface area contributed by atoms with Crippen LogP contribution in [0.1, 0.15) is 37.1 Å². The van der Waals surface area contributed by atoms with Crippen molar-refractivity contribution in [2.24, 2.45) is 11.8 Å². The van der Waals surface area contributed by atoms with Crippen molar-refractivity contribution in [3.8, 4) is 0 Å². The molecule has 1 aromatic heterocycles. The third-order valence-electron chi connectivity index (χ3n) is 3.83. The standard InChI is InChI=1S/C13H18ClN3/c1-7-8(2)16-13(12(14)15-7)17-11(9-3-4-9)10-5-6-10/h9-11H,3-6H2,1-2H3,(H,16,17). The first-order chi connectivity index (χ1) is 8.15. The summed E-state index contributed by atoms with van der Waals surface area (Å²) in [5.74, 6) is 2.45. The quantitative estimate of drug-likeness (QED) is 0.892. The molecule has 0 aromatic carbocycles. The summed E-state index contributed by atoms with van der Waals surface area (Å²) in [5, 5.41) is 4.05. The van der Waals surface area contributed by atoms with Gasteiger partial charge in [0.25, 0.3) is 0 Å². The van der Waals surface area contributed by atoms with Crippen LogP contribution in [0, 0.1) is 25.7 Å². The van der Waals surface area contributed by atoms with E-state index in [4.69, 9.17) is 11.6 Å². The Hall–Kier alpha value is -0.830. The highest BCUT2D eigenvalue weighted by atomic mass is 35.5. The van der Waals surface area contributed by atoms with E-state index in [1.165, 1.54) is 25.7 Å². The van der Waals surface area contributed by atoms with E-state index in [1.807, 2.05) is 13.8 Å². The molecule has 2 fully saturated rings. The molecule has 0 amide bonds. The van der Waals surface area contributed by atoms with Crippen molar-refractivity contribution in [2.75, 3.05) is 5.32 Å². The smallest absolute Gasteiger partial charge is 0.171 e. The predicted octanol–water partition coefficient (Wildman–Crippen LogP) is 3.35. The van der Waals surface area contributed by atoms with E-state index in [0.717, 1.165) is 29.0 Å². The van der Waals surface area contributed by atoms with E-state index in [1.54, 1.807) is 0 Å². The van der Waals surface area contributed by atoms with Gasteiger partial charge in [-0.15, -0.1) is 0 Å². The van der Waals surface area contributed by atoms with Crippen molar-refractivity contribution in [2.45, 2.75) is 45.6 Å². The number of anilines is 1. The van der Waals surface area contributed by atoms with Gasteiger partial charge in [-0.25, -0.2) is 9.97 Å². The largest absolute Gasteiger partial charge is 0.364 e. The van der Waals surface area contributed by atoms with E-state index >= 15 is 0 Å². The minimum Gasteiger partial charge on any atom is -0.364 e. The average Bonchev–Trinajstić information content (AvgIpc) is 3.15. The Labute approximate surface area is 107 Å². The van der Waals surface area contributed by atoms with Crippen LogP contribution in [0.3, 0.4) is 0 Å². The van der Waals surface area contributed by atoms with Gasteiger partial charge in [0.2, 0.25) is 0 Å². The second-order valence-corrected chi connectivity index (χ2v) is 5.74. The summed E-state index contributed by atoms with van der Waals surface area (Å²) >= 11 is 6.16. The van der Waals surface area contributed by atoms with Crippen molar-refractivity contribution < 1.29 is 0 Å². The van der Waals surface area contributed by atoms with Crippen molar-refractivity contribution in [3.05, 3.63) is 16.5 Å². The maximum atomic E-state index is 6.16. The zero-order valence-corrected chi connectivity index (χ0v) is 11.1. The lowest BCUT2D eigenvalue weighted by molar-refractivity contribution is 0.565. The van der Waals surface area contributed by atoms with E-state index < -0.39 is 0 Å². The summed E-state index contributed by atoms with van der Waals surface area (Å²) in [6.07, 6.45) is 5.40. The maximum absolute atomic E-state index is 6.16. The van der Waals surface area contributed by atoms with Gasteiger partial charge < -0.3 is 5.32 Å². The number of rotatable bonds is 4. The summed E-state index contributed by atoms with van der Waals surface area (Å²) < 4.78 is 0. The Balaban J connectivity index is 1.81. The Morgan fingerprint density at radius 3 is 2.12 bits per heavy atom. The van der Waals surface area contributed by atoms with E-state index in [2.05, 4.69) is 15.3 Å². The Kier molecular flexibility index (Phi) is 2.74. The third kappa shape index (κ3) is 2.39. The van der Waals surface area contributed by atoms with E-state index in [9.17, 15) is 0 Å². The van der Waals surface area contributed by atoms with Gasteiger partial charge in [0.1, 0.15) is 0 Å². The number of halogens is 1. The molecule has 0 atom stereocenters. The summed E-state index contributed by atoms with van der Waals surface area (Å²) in [7, 11) is 0. The zero-order valence-electron chi connectivity index (χ0n) is 10.3. The Bertz CT molecular complexity index is 427. The molecule has 0 aliphatic heterocycles. The normalized spacial score (nSPS) is 19.8. The molecule has 0 radical (unpaired) electrons. The number of hydrogen-bond acceptors (Lipinski definition) is 3. The molecule has 1 N–H and O–H groups in total. The topological polar surface area (TPSA) is 37.8 Å². The highest BCUT2D eigenvalue weighted by Gasteiger charge is 2.41. The summed E-state index contributed by atoms with van der Waals surface area (Å²) in [4.78, 5) is 8.85. The van der Waals surface area contributed by atoms with Crippen LogP contribution in [0.4, 0.5) is 5.82 Å². The lowest BCUT2D eigenvalue weighted by Crippen LogP contribution is -2.25. The van der Waals surface area contributed by atoms with E-state index in [-0.39, 0.29) is 0 Å². The molecule has 92 valence electrons. The average molecular weight is 252 g/mol. The first-order valence-corrected chi connectivity index (χ1v) is 6.80. The van der Waals surface area contributed by atoms with Crippen molar-refractivity contribution in [1.29, 1.82) is 0 Å². The summed E-state index contributed by atoms with van der Waals surface area (Å²) in [5.41, 5.74) is 1.87. The molecular weight excluding hydrogens is 234 g/mol. The van der Waals surface area contributed by atoms with Gasteiger partial charge in [-0.2, -0.15) is 0 Å². The molecular formula is C13H18ClN3. The molecule has 1 heterocycles. The fraction of sp³-hybridized carbons (Fsp3) is 0.692. The predicted molar refractivity (Wildman–Crippen MR) is 69.4 cm³/mol. The molecule has 2 saturated carbocycles. The van der Waals surface area contributed by atoms with Gasteiger partial charge in [-0.1, -0.05) is 11.6 Å². The number of nitrogens with zero attached hydrogens (tertiary/aromatic N) is 2. The summed E-state index contributed by atoms with van der Waals surface area (Å²) in [6.45, 7) is 3.92. The second-order valence-electron chi connectivity index (χ2n) is 5.38. The molecule has 1 aromatic rings. The minimum atomic E-state index is 0.513. The van der Waals surface area contributed by atoms with Crippen LogP contribution in [-0.2, 0) is 0 Å². The molecule has 3 rings (SSSR count). The van der Waals surface area contributed by atoms with Gasteiger partial charge in [0, 0.05) is 6.04 Å². The molecule has 3 nitrogen and oxygen atoms in total. The van der Waals surface area contributed by atoms with Gasteiger partial charge in [-0.05, 0) is 51.4 Å². The van der Waals surface area contributed by atoms with Gasteiger partial charge >= 0.3 is 0 Å². The van der Waals surface area contributed by atoms with Crippen molar-refractivity contribution in [1.82, 2.24) is 9.97 Å². The molecule has 0 saturated heterocycles. The molecule has 4 heteroatoms. The molecule has 0 unspecified atom stereocenters. The van der Waals surface area contributed by atoms with Crippen LogP contribution in [-0.4, -0.2) is 16.0 Å². The first-order valence-electron chi connectivity index (χ1n) is 6.42. The van der Waals surface area contributed by atoms with Crippen molar-refractivity contribution >= 4 is 17.4 Å². The van der Waals surface area contributed by atoms with Crippen LogP contribution in [0.15, 0.2) is 0 Å². The lowest BCUT2D eigenvalue weighted by atomic mass is 10.1. The van der Waals surface area contributed by atoms with Crippen LogP contribution in [0.5, 0.6) is 0 Å². The molecule has 2 aliphatic carbocycles. The third-order valence-corrected chi connectivity index (χ3v) is 4.09. The molecule has 17 heavy (non-hydrogen) atoms. The summed E-state index contributed by atoms with van der Waals surface area (Å²) in [6, 6.07) is 0.573.